The summed E-state index contributed by atoms with van der Waals surface area (Å²) in [5.41, 5.74) is 6.51. The third-order valence-electron chi connectivity index (χ3n) is 2.97. The maximum Gasteiger partial charge on any atom is 0.286 e. The van der Waals surface area contributed by atoms with E-state index < -0.39 is 11.8 Å². The maximum atomic E-state index is 13.2. The second-order valence-electron chi connectivity index (χ2n) is 5.64. The number of nitrogens with two attached hydrogens (primary N) is 1. The zero-order valence-corrected chi connectivity index (χ0v) is 14.8. The summed E-state index contributed by atoms with van der Waals surface area (Å²) in [6, 6.07) is 4.35. The Labute approximate surface area is 141 Å². The fourth-order valence-corrected chi connectivity index (χ4v) is 1.83. The van der Waals surface area contributed by atoms with Crippen molar-refractivity contribution in [3.05, 3.63) is 46.8 Å². The van der Waals surface area contributed by atoms with E-state index >= 15 is 0 Å². The number of halogens is 3. The van der Waals surface area contributed by atoms with E-state index in [4.69, 9.17) is 5.73 Å². The zero-order valence-electron chi connectivity index (χ0n) is 14.8. The average molecular weight is 342 g/mol. The largest absolute Gasteiger partial charge is 0.366 e. The first-order valence-electron chi connectivity index (χ1n) is 7.61. The lowest BCUT2D eigenvalue weighted by Crippen LogP contribution is -2.22. The van der Waals surface area contributed by atoms with E-state index in [-0.39, 0.29) is 17.1 Å². The van der Waals surface area contributed by atoms with Gasteiger partial charge in [-0.05, 0) is 44.0 Å². The minimum Gasteiger partial charge on any atom is -0.366 e. The molecular weight excluding hydrogens is 317 g/mol. The molecule has 1 rings (SSSR count). The molecule has 1 amide bonds. The van der Waals surface area contributed by atoms with Gasteiger partial charge >= 0.3 is 0 Å². The molecule has 0 atom stereocenters. The molecular formula is C18H25F3N2O. The molecule has 0 saturated carbocycles. The summed E-state index contributed by atoms with van der Waals surface area (Å²) in [6.45, 7) is 6.34. The van der Waals surface area contributed by atoms with Gasteiger partial charge < -0.3 is 5.73 Å². The first kappa shape index (κ1) is 21.9. The number of hydrogen-bond acceptors (Lipinski definition) is 2. The number of alkyl halides is 2. The van der Waals surface area contributed by atoms with Crippen LogP contribution in [0.1, 0.15) is 50.0 Å². The van der Waals surface area contributed by atoms with E-state index in [1.807, 2.05) is 6.92 Å². The van der Waals surface area contributed by atoms with E-state index in [2.05, 4.69) is 4.99 Å². The number of rotatable bonds is 5. The van der Waals surface area contributed by atoms with Crippen molar-refractivity contribution >= 4 is 11.6 Å². The standard InChI is InChI=1S/C10H12FNO.C8H13F2N/c1-2-3-7-4-5-8(10(12)13)6-9(7)11;1-6(2)5-7(11-4)8(3,9)10/h4-6H,2-3H2,1H3,(H2,12,13);5H,1-4H3. The number of nitrogens with zero attached hydrogens (tertiary/aromatic N) is 1. The van der Waals surface area contributed by atoms with Crippen LogP contribution in [0.25, 0.3) is 0 Å². The van der Waals surface area contributed by atoms with Crippen molar-refractivity contribution in [2.45, 2.75) is 46.5 Å². The van der Waals surface area contributed by atoms with Crippen LogP contribution in [0.4, 0.5) is 13.2 Å². The molecule has 0 saturated heterocycles. The third-order valence-corrected chi connectivity index (χ3v) is 2.97. The predicted octanol–water partition coefficient (Wildman–Crippen LogP) is 4.56. The van der Waals surface area contributed by atoms with Gasteiger partial charge in [0, 0.05) is 19.5 Å². The molecule has 1 aromatic rings. The van der Waals surface area contributed by atoms with Crippen molar-refractivity contribution < 1.29 is 18.0 Å². The monoisotopic (exact) mass is 342 g/mol. The lowest BCUT2D eigenvalue weighted by molar-refractivity contribution is 0.0996. The Morgan fingerprint density at radius 3 is 2.21 bits per heavy atom. The number of benzene rings is 1. The fraction of sp³-hybridized carbons (Fsp3) is 0.444. The average Bonchev–Trinajstić information content (AvgIpc) is 2.46. The highest BCUT2D eigenvalue weighted by Crippen LogP contribution is 2.16. The van der Waals surface area contributed by atoms with Crippen LogP contribution in [0.3, 0.4) is 0 Å². The Morgan fingerprint density at radius 2 is 1.92 bits per heavy atom. The smallest absolute Gasteiger partial charge is 0.286 e. The number of aryl methyl sites for hydroxylation is 1. The van der Waals surface area contributed by atoms with Crippen LogP contribution in [0.5, 0.6) is 0 Å². The van der Waals surface area contributed by atoms with Crippen LogP contribution in [-0.2, 0) is 6.42 Å². The minimum absolute atomic E-state index is 0.169. The Morgan fingerprint density at radius 1 is 1.33 bits per heavy atom. The van der Waals surface area contributed by atoms with Crippen LogP contribution >= 0.6 is 0 Å². The Kier molecular flexibility index (Phi) is 9.03. The number of amides is 1. The lowest BCUT2D eigenvalue weighted by Gasteiger charge is -2.09. The molecule has 3 nitrogen and oxygen atoms in total. The van der Waals surface area contributed by atoms with Crippen molar-refractivity contribution in [3.63, 3.8) is 0 Å². The van der Waals surface area contributed by atoms with Gasteiger partial charge in [-0.3, -0.25) is 9.79 Å². The third kappa shape index (κ3) is 7.94. The van der Waals surface area contributed by atoms with E-state index in [1.54, 1.807) is 26.0 Å². The van der Waals surface area contributed by atoms with Gasteiger partial charge in [-0.15, -0.1) is 0 Å². The highest BCUT2D eigenvalue weighted by Gasteiger charge is 2.26. The van der Waals surface area contributed by atoms with E-state index in [0.717, 1.165) is 18.9 Å². The molecule has 0 unspecified atom stereocenters. The first-order chi connectivity index (χ1) is 11.0. The van der Waals surface area contributed by atoms with Gasteiger partial charge in [0.15, 0.2) is 0 Å². The fourth-order valence-electron chi connectivity index (χ4n) is 1.83. The molecule has 2 N–H and O–H groups in total. The quantitative estimate of drug-likeness (QED) is 0.784. The molecule has 0 bridgehead atoms. The molecule has 0 aliphatic rings. The van der Waals surface area contributed by atoms with Crippen molar-refractivity contribution in [2.24, 2.45) is 10.7 Å². The van der Waals surface area contributed by atoms with Gasteiger partial charge in [0.1, 0.15) is 11.5 Å². The first-order valence-corrected chi connectivity index (χ1v) is 7.61. The Bertz CT molecular complexity index is 613. The zero-order chi connectivity index (χ0) is 18.9. The predicted molar refractivity (Wildman–Crippen MR) is 92.3 cm³/mol. The molecule has 6 heteroatoms. The summed E-state index contributed by atoms with van der Waals surface area (Å²) >= 11 is 0. The van der Waals surface area contributed by atoms with Crippen molar-refractivity contribution in [2.75, 3.05) is 7.05 Å². The topological polar surface area (TPSA) is 55.5 Å². The van der Waals surface area contributed by atoms with Crippen molar-refractivity contribution in [3.8, 4) is 0 Å². The van der Waals surface area contributed by atoms with Crippen molar-refractivity contribution in [1.29, 1.82) is 0 Å². The van der Waals surface area contributed by atoms with E-state index in [1.165, 1.54) is 19.2 Å². The van der Waals surface area contributed by atoms with Crippen molar-refractivity contribution in [1.82, 2.24) is 0 Å². The molecule has 1 aromatic carbocycles. The number of aliphatic imine (C=N–C) groups is 1. The molecule has 0 fully saturated rings. The molecule has 0 radical (unpaired) electrons. The van der Waals surface area contributed by atoms with Crippen LogP contribution < -0.4 is 5.73 Å². The summed E-state index contributed by atoms with van der Waals surface area (Å²) in [5, 5.41) is 0. The summed E-state index contributed by atoms with van der Waals surface area (Å²) < 4.78 is 38.3. The van der Waals surface area contributed by atoms with Crippen LogP contribution in [0.15, 0.2) is 34.8 Å². The molecule has 24 heavy (non-hydrogen) atoms. The van der Waals surface area contributed by atoms with Gasteiger partial charge in [0.25, 0.3) is 5.92 Å². The van der Waals surface area contributed by atoms with Gasteiger partial charge in [0.05, 0.1) is 0 Å². The van der Waals surface area contributed by atoms with Crippen LogP contribution in [-0.4, -0.2) is 24.6 Å². The number of carbonyl (C=O) groups excluding carboxylic acids is 1. The lowest BCUT2D eigenvalue weighted by atomic mass is 10.1. The normalized spacial score (nSPS) is 11.4. The molecule has 0 aliphatic heterocycles. The molecule has 0 heterocycles. The Balaban J connectivity index is 0.000000449. The number of allylic oxidation sites excluding steroid dienone is 2. The minimum atomic E-state index is -2.83. The second kappa shape index (κ2) is 9.90. The highest BCUT2D eigenvalue weighted by molar-refractivity contribution is 6.00. The highest BCUT2D eigenvalue weighted by atomic mass is 19.3. The SMILES string of the molecule is CCCc1ccc(C(N)=O)cc1F.CN=C(C=C(C)C)C(C)(F)F. The van der Waals surface area contributed by atoms with E-state index in [9.17, 15) is 18.0 Å². The second-order valence-corrected chi connectivity index (χ2v) is 5.64. The summed E-state index contributed by atoms with van der Waals surface area (Å²) in [6.07, 6.45) is 2.96. The van der Waals surface area contributed by atoms with Gasteiger partial charge in [-0.2, -0.15) is 8.78 Å². The summed E-state index contributed by atoms with van der Waals surface area (Å²) in [4.78, 5) is 14.2. The molecule has 0 aromatic heterocycles. The van der Waals surface area contributed by atoms with Gasteiger partial charge in [-0.1, -0.05) is 25.0 Å². The summed E-state index contributed by atoms with van der Waals surface area (Å²) in [5.74, 6) is -3.77. The molecule has 0 spiro atoms. The number of carbonyl (C=O) groups is 1. The van der Waals surface area contributed by atoms with E-state index in [0.29, 0.717) is 12.0 Å². The maximum absolute atomic E-state index is 13.2. The summed E-state index contributed by atoms with van der Waals surface area (Å²) in [7, 11) is 1.37. The van der Waals surface area contributed by atoms with Crippen LogP contribution in [0, 0.1) is 5.82 Å². The number of primary amides is 1. The molecule has 134 valence electrons. The number of hydrogen-bond donors (Lipinski definition) is 1. The Hall–Kier alpha value is -2.11. The van der Waals surface area contributed by atoms with Gasteiger partial charge in [-0.25, -0.2) is 4.39 Å². The van der Waals surface area contributed by atoms with Gasteiger partial charge in [0.2, 0.25) is 5.91 Å². The van der Waals surface area contributed by atoms with Crippen LogP contribution in [0.2, 0.25) is 0 Å². The molecule has 0 aliphatic carbocycles.